The Hall–Kier alpha value is -3.45. The molecule has 5 rings (SSSR count). The molecule has 1 saturated heterocycles. The molecule has 0 atom stereocenters. The molecule has 0 aliphatic carbocycles. The minimum Gasteiger partial charge on any atom is -0.415 e. The maximum absolute atomic E-state index is 14.0. The van der Waals surface area contributed by atoms with Crippen molar-refractivity contribution in [3.05, 3.63) is 66.2 Å². The van der Waals surface area contributed by atoms with Crippen molar-refractivity contribution < 1.29 is 26.0 Å². The van der Waals surface area contributed by atoms with Gasteiger partial charge in [-0.1, -0.05) is 6.07 Å². The topological polar surface area (TPSA) is 106 Å². The van der Waals surface area contributed by atoms with Crippen molar-refractivity contribution in [2.24, 2.45) is 0 Å². The van der Waals surface area contributed by atoms with Gasteiger partial charge in [0.2, 0.25) is 15.9 Å². The molecule has 1 aliphatic rings. The summed E-state index contributed by atoms with van der Waals surface area (Å²) in [6.45, 7) is 1.06. The molecular weight excluding hydrogens is 485 g/mol. The lowest BCUT2D eigenvalue weighted by Crippen LogP contribution is -2.44. The van der Waals surface area contributed by atoms with Gasteiger partial charge in [0.1, 0.15) is 11.5 Å². The van der Waals surface area contributed by atoms with Crippen molar-refractivity contribution in [2.45, 2.75) is 31.1 Å². The third-order valence-corrected chi connectivity index (χ3v) is 8.07. The van der Waals surface area contributed by atoms with E-state index < -0.39 is 33.4 Å². The van der Waals surface area contributed by atoms with Gasteiger partial charge in [-0.3, -0.25) is 4.31 Å². The Morgan fingerprint density at radius 1 is 1.17 bits per heavy atom. The number of piperidine rings is 1. The number of nitrogens with zero attached hydrogens (tertiary/aromatic N) is 5. The molecule has 0 unspecified atom stereocenters. The molecule has 0 bridgehead atoms. The van der Waals surface area contributed by atoms with Crippen molar-refractivity contribution in [3.63, 3.8) is 0 Å². The molecule has 13 heteroatoms. The predicted molar refractivity (Wildman–Crippen MR) is 121 cm³/mol. The highest BCUT2D eigenvalue weighted by atomic mass is 32.2. The summed E-state index contributed by atoms with van der Waals surface area (Å²) in [5, 5.41) is 9.52. The third-order valence-electron chi connectivity index (χ3n) is 5.80. The number of pyridine rings is 1. The lowest BCUT2D eigenvalue weighted by molar-refractivity contribution is 0.116. The van der Waals surface area contributed by atoms with E-state index >= 15 is 0 Å². The first kappa shape index (κ1) is 23.3. The van der Waals surface area contributed by atoms with Crippen LogP contribution in [-0.2, 0) is 16.6 Å². The molecule has 1 aromatic carbocycles. The first-order valence-corrected chi connectivity index (χ1v) is 12.4. The third kappa shape index (κ3) is 4.73. The van der Waals surface area contributed by atoms with Crippen LogP contribution in [0.1, 0.15) is 30.9 Å². The number of nitrogens with one attached hydrogen (secondary N) is 1. The Morgan fingerprint density at radius 2 is 1.97 bits per heavy atom. The first-order valence-electron chi connectivity index (χ1n) is 10.9. The number of fused-ring (bicyclic) bond motifs is 1. The Bertz CT molecular complexity index is 1450. The highest BCUT2D eigenvalue weighted by Gasteiger charge is 2.34. The lowest BCUT2D eigenvalue weighted by atomic mass is 10.2. The van der Waals surface area contributed by atoms with Gasteiger partial charge in [0.25, 0.3) is 5.89 Å². The molecule has 1 N–H and O–H groups in total. The van der Waals surface area contributed by atoms with E-state index in [0.29, 0.717) is 42.8 Å². The number of imidazole rings is 1. The number of hydrogen-bond acceptors (Lipinski definition) is 7. The van der Waals surface area contributed by atoms with Crippen LogP contribution in [0.25, 0.3) is 17.1 Å². The van der Waals surface area contributed by atoms with Crippen LogP contribution in [0.15, 0.2) is 53.2 Å². The molecule has 9 nitrogen and oxygen atoms in total. The Morgan fingerprint density at radius 3 is 2.69 bits per heavy atom. The number of anilines is 1. The fourth-order valence-corrected chi connectivity index (χ4v) is 5.97. The van der Waals surface area contributed by atoms with Gasteiger partial charge in [-0.25, -0.2) is 17.8 Å². The summed E-state index contributed by atoms with van der Waals surface area (Å²) < 4.78 is 74.5. The van der Waals surface area contributed by atoms with Crippen molar-refractivity contribution in [1.82, 2.24) is 24.9 Å². The van der Waals surface area contributed by atoms with Crippen LogP contribution in [0.5, 0.6) is 0 Å². The van der Waals surface area contributed by atoms with Gasteiger partial charge in [0, 0.05) is 18.0 Å². The summed E-state index contributed by atoms with van der Waals surface area (Å²) in [4.78, 5) is 4.50. The molecule has 35 heavy (non-hydrogen) atoms. The molecular formula is C22H21F3N6O3S. The zero-order valence-electron chi connectivity index (χ0n) is 18.3. The van der Waals surface area contributed by atoms with E-state index in [1.165, 1.54) is 22.5 Å². The Balaban J connectivity index is 1.48. The number of hydrogen-bond donors (Lipinski definition) is 1. The van der Waals surface area contributed by atoms with Gasteiger partial charge in [-0.2, -0.15) is 8.78 Å². The SMILES string of the molecule is O=S(=O)(C1CCNCC1)N(Cc1cn2ccc(-c3nnc(C(F)F)o3)cc2n1)c1cccc(F)c1. The lowest BCUT2D eigenvalue weighted by Gasteiger charge is -2.31. The summed E-state index contributed by atoms with van der Waals surface area (Å²) in [6.07, 6.45) is 1.30. The Labute approximate surface area is 198 Å². The van der Waals surface area contributed by atoms with Gasteiger partial charge in [0.05, 0.1) is 23.2 Å². The summed E-state index contributed by atoms with van der Waals surface area (Å²) in [5.74, 6) is -1.41. The maximum atomic E-state index is 14.0. The maximum Gasteiger partial charge on any atom is 0.314 e. The normalized spacial score (nSPS) is 15.2. The van der Waals surface area contributed by atoms with Crippen LogP contribution in [-0.4, -0.2) is 46.3 Å². The molecule has 4 heterocycles. The van der Waals surface area contributed by atoms with Crippen molar-refractivity contribution in [1.29, 1.82) is 0 Å². The van der Waals surface area contributed by atoms with Crippen LogP contribution in [0, 0.1) is 5.82 Å². The van der Waals surface area contributed by atoms with Gasteiger partial charge < -0.3 is 14.1 Å². The number of alkyl halides is 2. The zero-order chi connectivity index (χ0) is 24.6. The quantitative estimate of drug-likeness (QED) is 0.409. The van der Waals surface area contributed by atoms with Crippen molar-refractivity contribution in [3.8, 4) is 11.5 Å². The average Bonchev–Trinajstić information content (AvgIpc) is 3.50. The summed E-state index contributed by atoms with van der Waals surface area (Å²) in [7, 11) is -3.81. The smallest absolute Gasteiger partial charge is 0.314 e. The van der Waals surface area contributed by atoms with E-state index in [-0.39, 0.29) is 18.1 Å². The average molecular weight is 507 g/mol. The summed E-state index contributed by atoms with van der Waals surface area (Å²) in [6, 6.07) is 8.61. The number of aromatic nitrogens is 4. The van der Waals surface area contributed by atoms with Crippen LogP contribution in [0.2, 0.25) is 0 Å². The second-order valence-electron chi connectivity index (χ2n) is 8.14. The molecule has 0 spiro atoms. The van der Waals surface area contributed by atoms with Gasteiger partial charge in [-0.05, 0) is 56.3 Å². The minimum atomic E-state index is -3.81. The molecule has 1 fully saturated rings. The molecule has 0 radical (unpaired) electrons. The van der Waals surface area contributed by atoms with Crippen molar-refractivity contribution in [2.75, 3.05) is 17.4 Å². The van der Waals surface area contributed by atoms with Gasteiger partial charge in [0.15, 0.2) is 0 Å². The number of rotatable bonds is 7. The fourth-order valence-electron chi connectivity index (χ4n) is 4.06. The zero-order valence-corrected chi connectivity index (χ0v) is 19.1. The standard InChI is InChI=1S/C22H21F3N6O3S/c23-15-2-1-3-17(11-15)31(35(32,33)18-4-7-26-8-5-18)13-16-12-30-9-6-14(10-19(30)27-16)21-28-29-22(34-21)20(24)25/h1-3,6,9-12,18,20,26H,4-5,7-8,13H2. The molecule has 184 valence electrons. The van der Waals surface area contributed by atoms with E-state index in [0.717, 1.165) is 0 Å². The monoisotopic (exact) mass is 506 g/mol. The van der Waals surface area contributed by atoms with E-state index in [4.69, 9.17) is 4.42 Å². The van der Waals surface area contributed by atoms with E-state index in [1.807, 2.05) is 0 Å². The highest BCUT2D eigenvalue weighted by molar-refractivity contribution is 7.93. The summed E-state index contributed by atoms with van der Waals surface area (Å²) >= 11 is 0. The second-order valence-corrected chi connectivity index (χ2v) is 10.3. The van der Waals surface area contributed by atoms with Crippen LogP contribution >= 0.6 is 0 Å². The first-order chi connectivity index (χ1) is 16.8. The fraction of sp³-hybridized carbons (Fsp3) is 0.318. The van der Waals surface area contributed by atoms with Gasteiger partial charge in [-0.15, -0.1) is 10.2 Å². The molecule has 0 saturated carbocycles. The number of halogens is 3. The van der Waals surface area contributed by atoms with Crippen LogP contribution in [0.4, 0.5) is 18.9 Å². The van der Waals surface area contributed by atoms with Gasteiger partial charge >= 0.3 is 6.43 Å². The van der Waals surface area contributed by atoms with E-state index in [1.54, 1.807) is 35.0 Å². The predicted octanol–water partition coefficient (Wildman–Crippen LogP) is 3.55. The van der Waals surface area contributed by atoms with Crippen LogP contribution < -0.4 is 9.62 Å². The molecule has 0 amide bonds. The molecule has 3 aromatic heterocycles. The number of sulfonamides is 1. The van der Waals surface area contributed by atoms with E-state index in [2.05, 4.69) is 20.5 Å². The Kier molecular flexibility index (Phi) is 6.19. The second kappa shape index (κ2) is 9.30. The van der Waals surface area contributed by atoms with Crippen LogP contribution in [0.3, 0.4) is 0 Å². The summed E-state index contributed by atoms with van der Waals surface area (Å²) in [5.41, 5.74) is 1.44. The molecule has 1 aliphatic heterocycles. The molecule has 4 aromatic rings. The minimum absolute atomic E-state index is 0.0813. The largest absolute Gasteiger partial charge is 0.415 e. The number of benzene rings is 1. The van der Waals surface area contributed by atoms with E-state index in [9.17, 15) is 21.6 Å². The highest BCUT2D eigenvalue weighted by Crippen LogP contribution is 2.28. The van der Waals surface area contributed by atoms with Crippen molar-refractivity contribution >= 4 is 21.4 Å².